The number of hydrogen-bond donors (Lipinski definition) is 1. The third-order valence-corrected chi connectivity index (χ3v) is 5.95. The molecule has 0 unspecified atom stereocenters. The average molecular weight is 387 g/mol. The Kier molecular flexibility index (Phi) is 5.26. The highest BCUT2D eigenvalue weighted by Crippen LogP contribution is 2.39. The summed E-state index contributed by atoms with van der Waals surface area (Å²) in [4.78, 5) is 2.11. The standard InChI is InChI=1S/C19H21N3O4S/c1-22(2)15-10-16-17(25-3)8-9-18(19(16)26-12-15)27(23,24)21-14-6-4-13(11-20)5-7-14/h4-9,15,21H,10,12H2,1-3H3/t15-/m1/s1. The molecule has 0 radical (unpaired) electrons. The van der Waals surface area contributed by atoms with E-state index >= 15 is 0 Å². The Morgan fingerprint density at radius 3 is 2.52 bits per heavy atom. The topological polar surface area (TPSA) is 91.7 Å². The summed E-state index contributed by atoms with van der Waals surface area (Å²) in [7, 11) is 1.60. The second-order valence-electron chi connectivity index (χ2n) is 6.50. The number of nitrogens with one attached hydrogen (secondary N) is 1. The van der Waals surface area contributed by atoms with E-state index in [0.717, 1.165) is 5.56 Å². The van der Waals surface area contributed by atoms with Crippen molar-refractivity contribution in [2.24, 2.45) is 0 Å². The predicted octanol–water partition coefficient (Wildman–Crippen LogP) is 2.23. The van der Waals surface area contributed by atoms with Crippen molar-refractivity contribution >= 4 is 15.7 Å². The molecule has 1 aliphatic rings. The zero-order valence-corrected chi connectivity index (χ0v) is 16.2. The van der Waals surface area contributed by atoms with Crippen LogP contribution in [0.4, 0.5) is 5.69 Å². The van der Waals surface area contributed by atoms with Gasteiger partial charge in [0.2, 0.25) is 0 Å². The summed E-state index contributed by atoms with van der Waals surface area (Å²) in [6.45, 7) is 0.395. The minimum Gasteiger partial charge on any atom is -0.496 e. The number of nitrogens with zero attached hydrogens (tertiary/aromatic N) is 2. The normalized spacial score (nSPS) is 16.2. The molecule has 3 rings (SSSR count). The number of fused-ring (bicyclic) bond motifs is 1. The van der Waals surface area contributed by atoms with Crippen molar-refractivity contribution in [3.63, 3.8) is 0 Å². The third kappa shape index (κ3) is 3.84. The third-order valence-electron chi connectivity index (χ3n) is 4.55. The summed E-state index contributed by atoms with van der Waals surface area (Å²) >= 11 is 0. The Morgan fingerprint density at radius 2 is 1.93 bits per heavy atom. The highest BCUT2D eigenvalue weighted by Gasteiger charge is 2.31. The van der Waals surface area contributed by atoms with E-state index in [1.54, 1.807) is 37.4 Å². The average Bonchev–Trinajstić information content (AvgIpc) is 2.66. The molecule has 2 aromatic rings. The maximum Gasteiger partial charge on any atom is 0.265 e. The van der Waals surface area contributed by atoms with Crippen LogP contribution >= 0.6 is 0 Å². The lowest BCUT2D eigenvalue weighted by atomic mass is 10.0. The first kappa shape index (κ1) is 19.0. The van der Waals surface area contributed by atoms with Gasteiger partial charge < -0.3 is 14.4 Å². The van der Waals surface area contributed by atoms with Crippen LogP contribution < -0.4 is 14.2 Å². The van der Waals surface area contributed by atoms with Gasteiger partial charge >= 0.3 is 0 Å². The van der Waals surface area contributed by atoms with Crippen LogP contribution in [-0.2, 0) is 16.4 Å². The number of likely N-dealkylation sites (N-methyl/N-ethyl adjacent to an activating group) is 1. The van der Waals surface area contributed by atoms with Crippen molar-refractivity contribution < 1.29 is 17.9 Å². The second kappa shape index (κ2) is 7.47. The highest BCUT2D eigenvalue weighted by atomic mass is 32.2. The van der Waals surface area contributed by atoms with Crippen LogP contribution in [0.1, 0.15) is 11.1 Å². The summed E-state index contributed by atoms with van der Waals surface area (Å²) in [5.74, 6) is 0.933. The molecule has 0 saturated heterocycles. The molecule has 0 saturated carbocycles. The van der Waals surface area contributed by atoms with Gasteiger partial charge in [-0.2, -0.15) is 5.26 Å². The van der Waals surface area contributed by atoms with Gasteiger partial charge in [-0.15, -0.1) is 0 Å². The number of nitriles is 1. The molecule has 27 heavy (non-hydrogen) atoms. The van der Waals surface area contributed by atoms with Gasteiger partial charge in [0.25, 0.3) is 10.0 Å². The Bertz CT molecular complexity index is 979. The van der Waals surface area contributed by atoms with Crippen LogP contribution in [0, 0.1) is 11.3 Å². The predicted molar refractivity (Wildman–Crippen MR) is 102 cm³/mol. The van der Waals surface area contributed by atoms with Crippen molar-refractivity contribution in [2.75, 3.05) is 32.5 Å². The van der Waals surface area contributed by atoms with Crippen molar-refractivity contribution in [1.82, 2.24) is 4.90 Å². The lowest BCUT2D eigenvalue weighted by Crippen LogP contribution is -2.39. The van der Waals surface area contributed by atoms with Crippen LogP contribution in [0.25, 0.3) is 0 Å². The van der Waals surface area contributed by atoms with E-state index in [0.29, 0.717) is 35.8 Å². The quantitative estimate of drug-likeness (QED) is 0.846. The summed E-state index contributed by atoms with van der Waals surface area (Å²) in [6, 6.07) is 11.5. The van der Waals surface area contributed by atoms with Crippen LogP contribution in [0.15, 0.2) is 41.3 Å². The smallest absolute Gasteiger partial charge is 0.265 e. The Hall–Kier alpha value is -2.76. The van der Waals surface area contributed by atoms with Crippen molar-refractivity contribution in [3.8, 4) is 17.6 Å². The zero-order chi connectivity index (χ0) is 19.6. The number of anilines is 1. The molecule has 142 valence electrons. The van der Waals surface area contributed by atoms with Crippen LogP contribution in [0.3, 0.4) is 0 Å². The zero-order valence-electron chi connectivity index (χ0n) is 15.4. The fourth-order valence-electron chi connectivity index (χ4n) is 2.97. The van der Waals surface area contributed by atoms with Crippen LogP contribution in [-0.4, -0.2) is 47.2 Å². The Balaban J connectivity index is 1.98. The summed E-state index contributed by atoms with van der Waals surface area (Å²) < 4.78 is 39.7. The van der Waals surface area contributed by atoms with Gasteiger partial charge in [0.1, 0.15) is 23.0 Å². The molecule has 0 aromatic heterocycles. The van der Waals surface area contributed by atoms with Gasteiger partial charge in [-0.05, 0) is 56.9 Å². The number of hydrogen-bond acceptors (Lipinski definition) is 6. The van der Waals surface area contributed by atoms with E-state index in [1.165, 1.54) is 6.07 Å². The van der Waals surface area contributed by atoms with Crippen molar-refractivity contribution in [3.05, 3.63) is 47.5 Å². The summed E-state index contributed by atoms with van der Waals surface area (Å²) in [5.41, 5.74) is 1.57. The van der Waals surface area contributed by atoms with Crippen LogP contribution in [0.5, 0.6) is 11.5 Å². The van der Waals surface area contributed by atoms with Crippen LogP contribution in [0.2, 0.25) is 0 Å². The van der Waals surface area contributed by atoms with Crippen molar-refractivity contribution in [1.29, 1.82) is 5.26 Å². The van der Waals surface area contributed by atoms with Crippen molar-refractivity contribution in [2.45, 2.75) is 17.4 Å². The van der Waals surface area contributed by atoms with Gasteiger partial charge in [0, 0.05) is 17.3 Å². The molecule has 0 fully saturated rings. The number of rotatable bonds is 5. The molecule has 1 atom stereocenters. The van der Waals surface area contributed by atoms with Gasteiger partial charge in [-0.25, -0.2) is 8.42 Å². The molecule has 8 heteroatoms. The Labute approximate surface area is 159 Å². The molecule has 1 heterocycles. The number of ether oxygens (including phenoxy) is 2. The molecule has 0 spiro atoms. The fourth-order valence-corrected chi connectivity index (χ4v) is 4.20. The molecule has 1 aliphatic heterocycles. The first-order chi connectivity index (χ1) is 12.9. The van der Waals surface area contributed by atoms with E-state index in [1.807, 2.05) is 25.1 Å². The summed E-state index contributed by atoms with van der Waals surface area (Å²) in [5, 5.41) is 8.86. The molecular weight excluding hydrogens is 366 g/mol. The minimum atomic E-state index is -3.86. The molecule has 7 nitrogen and oxygen atoms in total. The molecule has 0 bridgehead atoms. The van der Waals surface area contributed by atoms with E-state index in [9.17, 15) is 8.42 Å². The van der Waals surface area contributed by atoms with E-state index in [-0.39, 0.29) is 10.9 Å². The summed E-state index contributed by atoms with van der Waals surface area (Å²) in [6.07, 6.45) is 0.631. The van der Waals surface area contributed by atoms with E-state index in [4.69, 9.17) is 14.7 Å². The van der Waals surface area contributed by atoms with Gasteiger partial charge in [-0.1, -0.05) is 0 Å². The largest absolute Gasteiger partial charge is 0.496 e. The highest BCUT2D eigenvalue weighted by molar-refractivity contribution is 7.92. The molecule has 2 aromatic carbocycles. The van der Waals surface area contributed by atoms with Gasteiger partial charge in [0.05, 0.1) is 18.7 Å². The molecule has 1 N–H and O–H groups in total. The first-order valence-corrected chi connectivity index (χ1v) is 9.86. The maximum absolute atomic E-state index is 12.9. The fraction of sp³-hybridized carbons (Fsp3) is 0.316. The molecule has 0 aliphatic carbocycles. The maximum atomic E-state index is 12.9. The second-order valence-corrected chi connectivity index (χ2v) is 8.15. The number of sulfonamides is 1. The lowest BCUT2D eigenvalue weighted by molar-refractivity contribution is 0.159. The molecular formula is C19H21N3O4S. The van der Waals surface area contributed by atoms with E-state index in [2.05, 4.69) is 4.72 Å². The minimum absolute atomic E-state index is 0.0693. The number of benzene rings is 2. The first-order valence-electron chi connectivity index (χ1n) is 8.38. The lowest BCUT2D eigenvalue weighted by Gasteiger charge is -2.31. The SMILES string of the molecule is COc1ccc(S(=O)(=O)Nc2ccc(C#N)cc2)c2c1C[C@@H](N(C)C)CO2. The molecule has 0 amide bonds. The van der Waals surface area contributed by atoms with Gasteiger partial charge in [-0.3, -0.25) is 4.72 Å². The number of methoxy groups -OCH3 is 1. The van der Waals surface area contributed by atoms with Gasteiger partial charge in [0.15, 0.2) is 0 Å². The monoisotopic (exact) mass is 387 g/mol. The van der Waals surface area contributed by atoms with E-state index < -0.39 is 10.0 Å². The Morgan fingerprint density at radius 1 is 1.22 bits per heavy atom.